The highest BCUT2D eigenvalue weighted by atomic mass is 35.5. The Balaban J connectivity index is 1.43. The van der Waals surface area contributed by atoms with Crippen LogP contribution in [0.4, 0.5) is 0 Å². The van der Waals surface area contributed by atoms with Gasteiger partial charge in [-0.3, -0.25) is 0 Å². The van der Waals surface area contributed by atoms with Crippen LogP contribution in [-0.2, 0) is 0 Å². The Labute approximate surface area is 240 Å². The first-order valence-corrected chi connectivity index (χ1v) is 14.6. The van der Waals surface area contributed by atoms with Gasteiger partial charge in [-0.05, 0) is 47.9 Å². The van der Waals surface area contributed by atoms with E-state index in [0.717, 1.165) is 65.9 Å². The van der Waals surface area contributed by atoms with Gasteiger partial charge in [0.2, 0.25) is 0 Å². The van der Waals surface area contributed by atoms with Crippen molar-refractivity contribution in [2.75, 3.05) is 0 Å². The van der Waals surface area contributed by atoms with Gasteiger partial charge in [-0.1, -0.05) is 81.5 Å². The van der Waals surface area contributed by atoms with E-state index >= 15 is 0 Å². The maximum Gasteiger partial charge on any atom is 0.167 e. The van der Waals surface area contributed by atoms with Crippen molar-refractivity contribution in [3.63, 3.8) is 0 Å². The lowest BCUT2D eigenvalue weighted by Gasteiger charge is -2.11. The van der Waals surface area contributed by atoms with Gasteiger partial charge in [0.05, 0.1) is 10.1 Å². The van der Waals surface area contributed by atoms with E-state index in [4.69, 9.17) is 21.1 Å². The van der Waals surface area contributed by atoms with Crippen LogP contribution >= 0.6 is 22.9 Å². The van der Waals surface area contributed by atoms with Crippen molar-refractivity contribution in [1.29, 1.82) is 0 Å². The zero-order chi connectivity index (χ0) is 26.8. The summed E-state index contributed by atoms with van der Waals surface area (Å²) in [6.07, 6.45) is 0. The number of hydrogen-bond donors (Lipinski definition) is 0. The molecule has 0 N–H and O–H groups in total. The molecule has 0 radical (unpaired) electrons. The summed E-state index contributed by atoms with van der Waals surface area (Å²) in [5, 5.41) is 12.6. The molecule has 0 saturated carbocycles. The number of fused-ring (bicyclic) bond motifs is 10. The minimum Gasteiger partial charge on any atom is -0.456 e. The second-order valence-corrected chi connectivity index (χ2v) is 11.9. The van der Waals surface area contributed by atoms with E-state index in [0.29, 0.717) is 5.02 Å². The predicted octanol–water partition coefficient (Wildman–Crippen LogP) is 9.09. The molecule has 0 unspecified atom stereocenters. The van der Waals surface area contributed by atoms with E-state index in [1.165, 1.54) is 14.8 Å². The summed E-state index contributed by atoms with van der Waals surface area (Å²) < 4.78 is 14.9. The average molecular weight is 566 g/mol. The zero-order valence-corrected chi connectivity index (χ0v) is 22.9. The molecular formula is C34H18ClN4OS+. The Hall–Kier alpha value is -4.91. The van der Waals surface area contributed by atoms with E-state index in [2.05, 4.69) is 100 Å². The summed E-state index contributed by atoms with van der Waals surface area (Å²) in [6.45, 7) is 0. The molecule has 0 aliphatic carbocycles. The first-order chi connectivity index (χ1) is 20.2. The van der Waals surface area contributed by atoms with Crippen molar-refractivity contribution >= 4 is 97.9 Å². The number of thiophene rings is 1. The van der Waals surface area contributed by atoms with E-state index in [-0.39, 0.29) is 0 Å². The molecule has 4 heterocycles. The van der Waals surface area contributed by atoms with Gasteiger partial charge in [0.15, 0.2) is 5.52 Å². The molecule has 0 bridgehead atoms. The molecule has 4 aromatic heterocycles. The fourth-order valence-electron chi connectivity index (χ4n) is 6.50. The van der Waals surface area contributed by atoms with E-state index in [1.807, 2.05) is 22.9 Å². The van der Waals surface area contributed by atoms with Crippen molar-refractivity contribution in [2.24, 2.45) is 0 Å². The Morgan fingerprint density at radius 3 is 2.37 bits per heavy atom. The van der Waals surface area contributed by atoms with Gasteiger partial charge in [0.25, 0.3) is 0 Å². The lowest BCUT2D eigenvalue weighted by molar-refractivity contribution is -0.743. The third-order valence-electron chi connectivity index (χ3n) is 8.26. The smallest absolute Gasteiger partial charge is 0.167 e. The van der Waals surface area contributed by atoms with Gasteiger partial charge >= 0.3 is 0 Å². The van der Waals surface area contributed by atoms with Crippen LogP contribution in [0.2, 0.25) is 5.02 Å². The maximum atomic E-state index is 7.36. The number of furan rings is 1. The Morgan fingerprint density at radius 2 is 1.46 bits per heavy atom. The molecule has 41 heavy (non-hydrogen) atoms. The Bertz CT molecular complexity index is 2720. The number of benzene rings is 6. The first kappa shape index (κ1) is 21.9. The van der Waals surface area contributed by atoms with Crippen molar-refractivity contribution in [2.45, 2.75) is 0 Å². The van der Waals surface area contributed by atoms with Crippen LogP contribution in [0.5, 0.6) is 0 Å². The molecule has 0 amide bonds. The zero-order valence-electron chi connectivity index (χ0n) is 21.4. The first-order valence-electron chi connectivity index (χ1n) is 13.4. The third-order valence-corrected chi connectivity index (χ3v) is 9.78. The molecule has 0 spiro atoms. The summed E-state index contributed by atoms with van der Waals surface area (Å²) in [4.78, 5) is 0. The molecule has 0 aliphatic rings. The Kier molecular flexibility index (Phi) is 4.07. The van der Waals surface area contributed by atoms with Crippen LogP contribution < -0.4 is 4.74 Å². The van der Waals surface area contributed by atoms with Crippen molar-refractivity contribution < 1.29 is 9.16 Å². The average Bonchev–Trinajstić information content (AvgIpc) is 3.68. The summed E-state index contributed by atoms with van der Waals surface area (Å²) >= 11 is 9.12. The van der Waals surface area contributed by atoms with E-state index in [9.17, 15) is 0 Å². The van der Waals surface area contributed by atoms with Gasteiger partial charge in [-0.15, -0.1) is 11.3 Å². The second-order valence-electron chi connectivity index (χ2n) is 10.4. The van der Waals surface area contributed by atoms with Crippen LogP contribution in [0.3, 0.4) is 0 Å². The van der Waals surface area contributed by atoms with E-state index in [1.54, 1.807) is 11.3 Å². The van der Waals surface area contributed by atoms with Gasteiger partial charge in [0.1, 0.15) is 38.1 Å². The number of rotatable bonds is 1. The monoisotopic (exact) mass is 565 g/mol. The molecule has 6 aromatic carbocycles. The number of nitrogens with zero attached hydrogens (tertiary/aromatic N) is 4. The van der Waals surface area contributed by atoms with Crippen molar-refractivity contribution in [3.8, 4) is 5.69 Å². The normalized spacial score (nSPS) is 12.5. The Morgan fingerprint density at radius 1 is 0.659 bits per heavy atom. The fraction of sp³-hybridized carbons (Fsp3) is 0. The predicted molar refractivity (Wildman–Crippen MR) is 168 cm³/mol. The third kappa shape index (κ3) is 2.76. The van der Waals surface area contributed by atoms with Crippen LogP contribution in [0.25, 0.3) is 80.6 Å². The van der Waals surface area contributed by atoms with Crippen LogP contribution in [0, 0.1) is 0 Å². The summed E-state index contributed by atoms with van der Waals surface area (Å²) in [7, 11) is 0. The molecule has 192 valence electrons. The molecule has 0 saturated heterocycles. The molecule has 0 atom stereocenters. The highest BCUT2D eigenvalue weighted by Gasteiger charge is 2.27. The number of hydrogen-bond acceptors (Lipinski definition) is 3. The summed E-state index contributed by atoms with van der Waals surface area (Å²) in [6, 6.07) is 37.9. The lowest BCUT2D eigenvalue weighted by Crippen LogP contribution is -2.43. The molecular weight excluding hydrogens is 548 g/mol. The van der Waals surface area contributed by atoms with Crippen LogP contribution in [-0.4, -0.2) is 14.3 Å². The van der Waals surface area contributed by atoms with Crippen molar-refractivity contribution in [1.82, 2.24) is 14.3 Å². The largest absolute Gasteiger partial charge is 0.456 e. The molecule has 10 aromatic rings. The topological polar surface area (TPSA) is 39.5 Å². The summed E-state index contributed by atoms with van der Waals surface area (Å²) in [5.74, 6) is 0. The van der Waals surface area contributed by atoms with Gasteiger partial charge in [0, 0.05) is 42.4 Å². The lowest BCUT2D eigenvalue weighted by atomic mass is 10.1. The molecule has 0 fully saturated rings. The molecule has 5 nitrogen and oxygen atoms in total. The van der Waals surface area contributed by atoms with Crippen LogP contribution in [0.1, 0.15) is 0 Å². The molecule has 0 aliphatic heterocycles. The SMILES string of the molecule is Clc1c(-n2c3cccc4cccc(c43)n3c4cc5oc6ccccc6c5cc4n[n+]23)ccc2sc3ccccc3c12. The minimum absolute atomic E-state index is 0.710. The van der Waals surface area contributed by atoms with E-state index < -0.39 is 0 Å². The summed E-state index contributed by atoms with van der Waals surface area (Å²) in [5.41, 5.74) is 6.51. The highest BCUT2D eigenvalue weighted by molar-refractivity contribution is 7.26. The standard InChI is InChI=1S/C34H18ClN4OS/c35-34-26(15-16-31-33(34)21-10-2-4-14-30(21)41-31)37-24-11-5-7-19-8-6-12-25(32(19)24)38-27-18-29-22(17-23(27)36-39(37)38)20-9-1-3-13-28(20)40-29/h1-18H/q+1. The second kappa shape index (κ2) is 7.63. The maximum absolute atomic E-state index is 7.36. The molecule has 10 rings (SSSR count). The van der Waals surface area contributed by atoms with Gasteiger partial charge < -0.3 is 4.42 Å². The van der Waals surface area contributed by atoms with Crippen LogP contribution in [0.15, 0.2) is 114 Å². The van der Waals surface area contributed by atoms with Gasteiger partial charge in [-0.2, -0.15) is 0 Å². The highest BCUT2D eigenvalue weighted by Crippen LogP contribution is 2.41. The van der Waals surface area contributed by atoms with Gasteiger partial charge in [-0.25, -0.2) is 0 Å². The van der Waals surface area contributed by atoms with Crippen molar-refractivity contribution in [3.05, 3.63) is 114 Å². The fourth-order valence-corrected chi connectivity index (χ4v) is 8.02. The number of para-hydroxylation sites is 1. The molecule has 7 heteroatoms. The minimum atomic E-state index is 0.710. The number of halogens is 1. The quantitative estimate of drug-likeness (QED) is 0.186. The number of aromatic nitrogens is 4.